The van der Waals surface area contributed by atoms with Crippen molar-refractivity contribution < 1.29 is 14.7 Å². The van der Waals surface area contributed by atoms with Crippen LogP contribution in [0.25, 0.3) is 33.1 Å². The minimum atomic E-state index is -1.04. The number of carbonyl (C=O) groups excluding carboxylic acids is 1. The predicted octanol–water partition coefficient (Wildman–Crippen LogP) is 5.63. The van der Waals surface area contributed by atoms with Crippen molar-refractivity contribution in [2.75, 3.05) is 0 Å². The number of aromatic nitrogens is 3. The first-order chi connectivity index (χ1) is 14.9. The van der Waals surface area contributed by atoms with Crippen LogP contribution in [0.3, 0.4) is 0 Å². The van der Waals surface area contributed by atoms with E-state index in [0.717, 1.165) is 10.9 Å². The fraction of sp³-hybridized carbons (Fsp3) is 0.0435. The van der Waals surface area contributed by atoms with Crippen LogP contribution < -0.4 is 0 Å². The zero-order valence-electron chi connectivity index (χ0n) is 15.8. The summed E-state index contributed by atoms with van der Waals surface area (Å²) in [6, 6.07) is 17.0. The molecule has 0 amide bonds. The van der Waals surface area contributed by atoms with Crippen LogP contribution in [0.1, 0.15) is 20.7 Å². The van der Waals surface area contributed by atoms with Crippen molar-refractivity contribution in [3.05, 3.63) is 81.8 Å². The van der Waals surface area contributed by atoms with Crippen molar-refractivity contribution in [3.63, 3.8) is 0 Å². The molecular formula is C23H13Cl2N3O3. The van der Waals surface area contributed by atoms with Gasteiger partial charge in [0.2, 0.25) is 0 Å². The highest BCUT2D eigenvalue weighted by Gasteiger charge is 2.18. The number of para-hydroxylation sites is 1. The first-order valence-corrected chi connectivity index (χ1v) is 10.1. The third-order valence-electron chi connectivity index (χ3n) is 5.14. The Bertz CT molecular complexity index is 1540. The first kappa shape index (κ1) is 19.5. The second kappa shape index (κ2) is 7.34. The number of benzene rings is 3. The third-order valence-corrected chi connectivity index (χ3v) is 5.88. The predicted molar refractivity (Wildman–Crippen MR) is 120 cm³/mol. The van der Waals surface area contributed by atoms with E-state index in [0.29, 0.717) is 37.8 Å². The van der Waals surface area contributed by atoms with Gasteiger partial charge in [-0.25, -0.2) is 14.8 Å². The lowest BCUT2D eigenvalue weighted by Gasteiger charge is -2.08. The molecule has 0 aliphatic carbocycles. The molecule has 0 saturated carbocycles. The maximum absolute atomic E-state index is 13.0. The highest BCUT2D eigenvalue weighted by atomic mass is 35.5. The summed E-state index contributed by atoms with van der Waals surface area (Å²) < 4.78 is 1.79. The molecule has 0 spiro atoms. The van der Waals surface area contributed by atoms with Gasteiger partial charge >= 0.3 is 5.97 Å². The smallest absolute Gasteiger partial charge is 0.335 e. The zero-order valence-corrected chi connectivity index (χ0v) is 17.4. The topological polar surface area (TPSA) is 85.1 Å². The summed E-state index contributed by atoms with van der Waals surface area (Å²) in [5, 5.41) is 10.8. The van der Waals surface area contributed by atoms with Crippen molar-refractivity contribution in [2.45, 2.75) is 6.54 Å². The number of hydrogen-bond donors (Lipinski definition) is 1. The molecule has 0 unspecified atom stereocenters. The Labute approximate surface area is 185 Å². The standard InChI is InChI=1S/C23H13Cl2N3O3/c24-15-7-5-12(9-16(15)25)20(29)11-28-19-4-2-1-3-14(19)21-22(28)27-18-10-13(23(30)31)6-8-17(18)26-21/h1-10H,11H2,(H,30,31). The van der Waals surface area contributed by atoms with E-state index in [9.17, 15) is 14.7 Å². The van der Waals surface area contributed by atoms with Crippen molar-refractivity contribution in [2.24, 2.45) is 0 Å². The number of fused-ring (bicyclic) bond motifs is 4. The van der Waals surface area contributed by atoms with Crippen molar-refractivity contribution in [1.29, 1.82) is 0 Å². The van der Waals surface area contributed by atoms with Gasteiger partial charge in [0.1, 0.15) is 5.52 Å². The number of carbonyl (C=O) groups is 2. The normalized spacial score (nSPS) is 11.4. The Morgan fingerprint density at radius 2 is 1.65 bits per heavy atom. The molecule has 0 atom stereocenters. The van der Waals surface area contributed by atoms with Gasteiger partial charge in [0, 0.05) is 10.9 Å². The molecule has 0 bridgehead atoms. The Balaban J connectivity index is 1.71. The second-order valence-electron chi connectivity index (χ2n) is 7.06. The summed E-state index contributed by atoms with van der Waals surface area (Å²) in [7, 11) is 0. The summed E-state index contributed by atoms with van der Waals surface area (Å²) in [5.74, 6) is -1.21. The largest absolute Gasteiger partial charge is 0.478 e. The second-order valence-corrected chi connectivity index (χ2v) is 7.87. The van der Waals surface area contributed by atoms with Crippen LogP contribution in [0.2, 0.25) is 10.0 Å². The van der Waals surface area contributed by atoms with Gasteiger partial charge in [-0.3, -0.25) is 4.79 Å². The number of nitrogens with zero attached hydrogens (tertiary/aromatic N) is 3. The van der Waals surface area contributed by atoms with E-state index < -0.39 is 5.97 Å². The summed E-state index contributed by atoms with van der Waals surface area (Å²) in [5.41, 5.74) is 3.53. The number of halogens is 2. The Hall–Kier alpha value is -3.48. The minimum Gasteiger partial charge on any atom is -0.478 e. The number of ketones is 1. The minimum absolute atomic E-state index is 0.0147. The molecule has 0 fully saturated rings. The molecule has 8 heteroatoms. The van der Waals surface area contributed by atoms with Gasteiger partial charge < -0.3 is 9.67 Å². The lowest BCUT2D eigenvalue weighted by Crippen LogP contribution is -2.11. The quantitative estimate of drug-likeness (QED) is 0.359. The molecule has 0 radical (unpaired) electrons. The number of carboxylic acid groups (broad SMARTS) is 1. The highest BCUT2D eigenvalue weighted by Crippen LogP contribution is 2.29. The lowest BCUT2D eigenvalue weighted by molar-refractivity contribution is 0.0696. The summed E-state index contributed by atoms with van der Waals surface area (Å²) >= 11 is 12.0. The summed E-state index contributed by atoms with van der Waals surface area (Å²) in [4.78, 5) is 33.8. The van der Waals surface area contributed by atoms with E-state index >= 15 is 0 Å². The molecule has 5 aromatic rings. The Morgan fingerprint density at radius 3 is 2.42 bits per heavy atom. The molecule has 5 rings (SSSR count). The van der Waals surface area contributed by atoms with Crippen molar-refractivity contribution in [1.82, 2.24) is 14.5 Å². The number of aromatic carboxylic acids is 1. The SMILES string of the molecule is O=C(O)c1ccc2nc3c4ccccc4n(CC(=O)c4ccc(Cl)c(Cl)c4)c3nc2c1. The molecule has 0 aliphatic rings. The Kier molecular flexibility index (Phi) is 4.61. The van der Waals surface area contributed by atoms with E-state index in [4.69, 9.17) is 28.2 Å². The van der Waals surface area contributed by atoms with Gasteiger partial charge in [-0.05, 0) is 42.5 Å². The fourth-order valence-electron chi connectivity index (χ4n) is 3.63. The average molecular weight is 450 g/mol. The van der Waals surface area contributed by atoms with Gasteiger partial charge in [-0.15, -0.1) is 0 Å². The maximum atomic E-state index is 13.0. The Morgan fingerprint density at radius 1 is 0.871 bits per heavy atom. The van der Waals surface area contributed by atoms with Crippen LogP contribution in [-0.4, -0.2) is 31.4 Å². The van der Waals surface area contributed by atoms with Crippen LogP contribution in [-0.2, 0) is 6.54 Å². The van der Waals surface area contributed by atoms with Gasteiger partial charge in [-0.1, -0.05) is 41.4 Å². The molecule has 0 saturated heterocycles. The van der Waals surface area contributed by atoms with Crippen LogP contribution in [0.5, 0.6) is 0 Å². The molecule has 2 aromatic heterocycles. The van der Waals surface area contributed by atoms with E-state index in [2.05, 4.69) is 4.98 Å². The van der Waals surface area contributed by atoms with Crippen LogP contribution in [0.4, 0.5) is 0 Å². The van der Waals surface area contributed by atoms with E-state index in [1.165, 1.54) is 12.1 Å². The van der Waals surface area contributed by atoms with Crippen LogP contribution in [0, 0.1) is 0 Å². The zero-order chi connectivity index (χ0) is 21.7. The first-order valence-electron chi connectivity index (χ1n) is 9.32. The number of carboxylic acids is 1. The van der Waals surface area contributed by atoms with Gasteiger partial charge in [0.25, 0.3) is 0 Å². The number of hydrogen-bond acceptors (Lipinski definition) is 4. The van der Waals surface area contributed by atoms with E-state index in [1.807, 2.05) is 24.3 Å². The van der Waals surface area contributed by atoms with E-state index in [-0.39, 0.29) is 17.9 Å². The molecule has 3 aromatic carbocycles. The third kappa shape index (κ3) is 3.30. The number of Topliss-reactive ketones (excluding diaryl/α,β-unsaturated/α-hetero) is 1. The molecule has 31 heavy (non-hydrogen) atoms. The summed E-state index contributed by atoms with van der Waals surface area (Å²) in [6.45, 7) is 0.0147. The maximum Gasteiger partial charge on any atom is 0.335 e. The molecule has 152 valence electrons. The van der Waals surface area contributed by atoms with Crippen LogP contribution in [0.15, 0.2) is 60.7 Å². The van der Waals surface area contributed by atoms with Gasteiger partial charge in [0.15, 0.2) is 11.4 Å². The van der Waals surface area contributed by atoms with Crippen molar-refractivity contribution >= 4 is 68.1 Å². The van der Waals surface area contributed by atoms with Crippen molar-refractivity contribution in [3.8, 4) is 0 Å². The molecule has 6 nitrogen and oxygen atoms in total. The monoisotopic (exact) mass is 449 g/mol. The molecule has 1 N–H and O–H groups in total. The fourth-order valence-corrected chi connectivity index (χ4v) is 3.93. The summed E-state index contributed by atoms with van der Waals surface area (Å²) in [6.07, 6.45) is 0. The van der Waals surface area contributed by atoms with E-state index in [1.54, 1.807) is 28.8 Å². The van der Waals surface area contributed by atoms with Gasteiger partial charge in [-0.2, -0.15) is 0 Å². The highest BCUT2D eigenvalue weighted by molar-refractivity contribution is 6.42. The van der Waals surface area contributed by atoms with Crippen LogP contribution >= 0.6 is 23.2 Å². The molecule has 2 heterocycles. The average Bonchev–Trinajstić information content (AvgIpc) is 3.06. The number of rotatable bonds is 4. The lowest BCUT2D eigenvalue weighted by atomic mass is 10.1. The molecular weight excluding hydrogens is 437 g/mol. The molecule has 0 aliphatic heterocycles. The van der Waals surface area contributed by atoms with Gasteiger partial charge in [0.05, 0.1) is 38.7 Å².